The molecule has 21 heavy (non-hydrogen) atoms. The second kappa shape index (κ2) is 7.56. The van der Waals surface area contributed by atoms with E-state index in [0.717, 1.165) is 38.9 Å². The number of ether oxygens (including phenoxy) is 3. The van der Waals surface area contributed by atoms with E-state index in [-0.39, 0.29) is 18.1 Å². The summed E-state index contributed by atoms with van der Waals surface area (Å²) in [7, 11) is 0. The molecule has 0 amide bonds. The minimum absolute atomic E-state index is 0.159. The summed E-state index contributed by atoms with van der Waals surface area (Å²) in [6.07, 6.45) is 4.14. The molecule has 2 fully saturated rings. The Hall–Kier alpha value is -0.650. The van der Waals surface area contributed by atoms with Crippen LogP contribution >= 0.6 is 0 Å². The molecule has 2 rings (SSSR count). The Bertz CT molecular complexity index is 337. The summed E-state index contributed by atoms with van der Waals surface area (Å²) in [6.45, 7) is 8.28. The van der Waals surface area contributed by atoms with Gasteiger partial charge in [0.05, 0.1) is 19.3 Å². The molecule has 1 N–H and O–H groups in total. The molecule has 0 aromatic heterocycles. The molecule has 1 saturated heterocycles. The van der Waals surface area contributed by atoms with E-state index in [4.69, 9.17) is 14.2 Å². The van der Waals surface area contributed by atoms with Gasteiger partial charge in [0.15, 0.2) is 0 Å². The third-order valence-electron chi connectivity index (χ3n) is 4.18. The fourth-order valence-electron chi connectivity index (χ4n) is 3.00. The fourth-order valence-corrected chi connectivity index (χ4v) is 3.00. The highest BCUT2D eigenvalue weighted by Crippen LogP contribution is 2.41. The molecular formula is C16H29NO4. The van der Waals surface area contributed by atoms with Crippen LogP contribution in [0.3, 0.4) is 0 Å². The molecular weight excluding hydrogens is 270 g/mol. The molecule has 0 aromatic carbocycles. The predicted molar refractivity (Wildman–Crippen MR) is 80.2 cm³/mol. The maximum Gasteiger partial charge on any atom is 0.329 e. The van der Waals surface area contributed by atoms with Crippen LogP contribution in [0.1, 0.15) is 46.5 Å². The molecule has 122 valence electrons. The van der Waals surface area contributed by atoms with Gasteiger partial charge in [0.25, 0.3) is 0 Å². The predicted octanol–water partition coefficient (Wildman–Crippen LogP) is 1.89. The van der Waals surface area contributed by atoms with Crippen LogP contribution < -0.4 is 5.32 Å². The quantitative estimate of drug-likeness (QED) is 0.694. The fraction of sp³-hybridized carbons (Fsp3) is 0.938. The van der Waals surface area contributed by atoms with Crippen molar-refractivity contribution in [3.8, 4) is 0 Å². The van der Waals surface area contributed by atoms with E-state index in [1.165, 1.54) is 0 Å². The zero-order chi connectivity index (χ0) is 15.3. The van der Waals surface area contributed by atoms with Crippen LogP contribution in [0.2, 0.25) is 0 Å². The number of carbonyl (C=O) groups excluding carboxylic acids is 1. The standard InChI is InChI=1S/C16H29NO4/c1-4-20-15(18)16(13-5-6-13,17-12(2)3)11-21-14-7-9-19-10-8-14/h12-14,17H,4-11H2,1-3H3. The summed E-state index contributed by atoms with van der Waals surface area (Å²) in [5.74, 6) is 0.173. The largest absolute Gasteiger partial charge is 0.465 e. The van der Waals surface area contributed by atoms with Gasteiger partial charge in [-0.05, 0) is 52.4 Å². The highest BCUT2D eigenvalue weighted by atomic mass is 16.5. The number of carbonyl (C=O) groups is 1. The van der Waals surface area contributed by atoms with Gasteiger partial charge in [0, 0.05) is 19.3 Å². The summed E-state index contributed by atoms with van der Waals surface area (Å²) in [5.41, 5.74) is -0.678. The van der Waals surface area contributed by atoms with Crippen LogP contribution in [0.25, 0.3) is 0 Å². The van der Waals surface area contributed by atoms with E-state index in [2.05, 4.69) is 19.2 Å². The van der Waals surface area contributed by atoms with Crippen molar-refractivity contribution in [2.45, 2.75) is 64.1 Å². The maximum atomic E-state index is 12.6. The molecule has 1 atom stereocenters. The second-order valence-corrected chi connectivity index (χ2v) is 6.39. The van der Waals surface area contributed by atoms with Crippen molar-refractivity contribution in [1.29, 1.82) is 0 Å². The lowest BCUT2D eigenvalue weighted by atomic mass is 9.92. The highest BCUT2D eigenvalue weighted by Gasteiger charge is 2.53. The maximum absolute atomic E-state index is 12.6. The van der Waals surface area contributed by atoms with E-state index in [0.29, 0.717) is 19.1 Å². The lowest BCUT2D eigenvalue weighted by Gasteiger charge is -2.36. The molecule has 5 heteroatoms. The van der Waals surface area contributed by atoms with Crippen LogP contribution in [0.15, 0.2) is 0 Å². The van der Waals surface area contributed by atoms with Crippen molar-refractivity contribution in [3.63, 3.8) is 0 Å². The van der Waals surface area contributed by atoms with E-state index in [1.54, 1.807) is 0 Å². The second-order valence-electron chi connectivity index (χ2n) is 6.39. The van der Waals surface area contributed by atoms with E-state index in [1.807, 2.05) is 6.92 Å². The lowest BCUT2D eigenvalue weighted by Crippen LogP contribution is -2.60. The van der Waals surface area contributed by atoms with Gasteiger partial charge in [-0.25, -0.2) is 4.79 Å². The zero-order valence-corrected chi connectivity index (χ0v) is 13.5. The highest BCUT2D eigenvalue weighted by molar-refractivity contribution is 5.82. The normalized spacial score (nSPS) is 23.0. The molecule has 0 aromatic rings. The smallest absolute Gasteiger partial charge is 0.329 e. The van der Waals surface area contributed by atoms with Gasteiger partial charge in [-0.3, -0.25) is 5.32 Å². The Balaban J connectivity index is 2.03. The number of hydrogen-bond acceptors (Lipinski definition) is 5. The van der Waals surface area contributed by atoms with Crippen LogP contribution in [0, 0.1) is 5.92 Å². The van der Waals surface area contributed by atoms with E-state index < -0.39 is 5.54 Å². The van der Waals surface area contributed by atoms with Crippen molar-refractivity contribution in [2.24, 2.45) is 5.92 Å². The molecule has 1 unspecified atom stereocenters. The molecule has 5 nitrogen and oxygen atoms in total. The molecule has 1 aliphatic carbocycles. The summed E-state index contributed by atoms with van der Waals surface area (Å²) >= 11 is 0. The van der Waals surface area contributed by atoms with Crippen molar-refractivity contribution in [3.05, 3.63) is 0 Å². The molecule has 0 spiro atoms. The Kier molecular flexibility index (Phi) is 6.02. The van der Waals surface area contributed by atoms with Gasteiger partial charge in [-0.15, -0.1) is 0 Å². The Morgan fingerprint density at radius 3 is 2.48 bits per heavy atom. The van der Waals surface area contributed by atoms with Crippen molar-refractivity contribution < 1.29 is 19.0 Å². The molecule has 2 aliphatic rings. The van der Waals surface area contributed by atoms with Crippen LogP contribution in [-0.4, -0.2) is 50.1 Å². The summed E-state index contributed by atoms with van der Waals surface area (Å²) in [4.78, 5) is 12.6. The monoisotopic (exact) mass is 299 g/mol. The first-order chi connectivity index (χ1) is 10.1. The topological polar surface area (TPSA) is 56.8 Å². The first kappa shape index (κ1) is 16.7. The van der Waals surface area contributed by atoms with Crippen LogP contribution in [0.5, 0.6) is 0 Å². The Morgan fingerprint density at radius 2 is 1.95 bits per heavy atom. The number of esters is 1. The van der Waals surface area contributed by atoms with Gasteiger partial charge < -0.3 is 14.2 Å². The van der Waals surface area contributed by atoms with Gasteiger partial charge in [0.1, 0.15) is 5.54 Å². The number of nitrogens with one attached hydrogen (secondary N) is 1. The van der Waals surface area contributed by atoms with Crippen molar-refractivity contribution >= 4 is 5.97 Å². The Morgan fingerprint density at radius 1 is 1.29 bits per heavy atom. The average Bonchev–Trinajstić information content (AvgIpc) is 3.29. The first-order valence-corrected chi connectivity index (χ1v) is 8.22. The molecule has 0 bridgehead atoms. The zero-order valence-electron chi connectivity index (χ0n) is 13.5. The molecule has 1 aliphatic heterocycles. The minimum Gasteiger partial charge on any atom is -0.465 e. The van der Waals surface area contributed by atoms with Gasteiger partial charge >= 0.3 is 5.97 Å². The number of rotatable bonds is 8. The van der Waals surface area contributed by atoms with Crippen molar-refractivity contribution in [2.75, 3.05) is 26.4 Å². The molecule has 1 saturated carbocycles. The summed E-state index contributed by atoms with van der Waals surface area (Å²) in [5, 5.41) is 3.45. The molecule has 1 heterocycles. The van der Waals surface area contributed by atoms with E-state index >= 15 is 0 Å². The molecule has 0 radical (unpaired) electrons. The third kappa shape index (κ3) is 4.41. The van der Waals surface area contributed by atoms with E-state index in [9.17, 15) is 4.79 Å². The summed E-state index contributed by atoms with van der Waals surface area (Å²) < 4.78 is 16.8. The third-order valence-corrected chi connectivity index (χ3v) is 4.18. The average molecular weight is 299 g/mol. The van der Waals surface area contributed by atoms with Gasteiger partial charge in [0.2, 0.25) is 0 Å². The summed E-state index contributed by atoms with van der Waals surface area (Å²) in [6, 6.07) is 0.216. The van der Waals surface area contributed by atoms with Crippen LogP contribution in [0.4, 0.5) is 0 Å². The lowest BCUT2D eigenvalue weighted by molar-refractivity contribution is -0.158. The van der Waals surface area contributed by atoms with Crippen LogP contribution in [-0.2, 0) is 19.0 Å². The number of hydrogen-bond donors (Lipinski definition) is 1. The van der Waals surface area contributed by atoms with Gasteiger partial charge in [-0.1, -0.05) is 0 Å². The SMILES string of the molecule is CCOC(=O)C(COC1CCOCC1)(NC(C)C)C1CC1. The van der Waals surface area contributed by atoms with Crippen molar-refractivity contribution in [1.82, 2.24) is 5.32 Å². The minimum atomic E-state index is -0.678. The first-order valence-electron chi connectivity index (χ1n) is 8.22. The van der Waals surface area contributed by atoms with Gasteiger partial charge in [-0.2, -0.15) is 0 Å². The Labute approximate surface area is 127 Å².